The molecular weight excluding hydrogens is 188 g/mol. The van der Waals surface area contributed by atoms with Gasteiger partial charge in [-0.1, -0.05) is 0 Å². The summed E-state index contributed by atoms with van der Waals surface area (Å²) in [5, 5.41) is 11.0. The zero-order chi connectivity index (χ0) is 11.0. The minimum absolute atomic E-state index is 0.106. The third kappa shape index (κ3) is 2.89. The quantitative estimate of drug-likeness (QED) is 0.668. The maximum absolute atomic E-state index is 12.8. The average molecular weight is 207 g/mol. The van der Waals surface area contributed by atoms with E-state index in [4.69, 9.17) is 0 Å². The smallest absolute Gasteiger partial charge is 0.248 e. The molecule has 2 nitrogen and oxygen atoms in total. The second-order valence-electron chi connectivity index (χ2n) is 5.10. The molecule has 0 heterocycles. The maximum Gasteiger partial charge on any atom is 0.248 e. The first-order chi connectivity index (χ1) is 6.22. The summed E-state index contributed by atoms with van der Waals surface area (Å²) in [6.07, 6.45) is 0.539. The maximum atomic E-state index is 12.8. The predicted molar refractivity (Wildman–Crippen MR) is 50.6 cm³/mol. The van der Waals surface area contributed by atoms with E-state index in [1.807, 2.05) is 20.8 Å². The first kappa shape index (κ1) is 11.9. The summed E-state index contributed by atoms with van der Waals surface area (Å²) in [5.41, 5.74) is -0.364. The summed E-state index contributed by atoms with van der Waals surface area (Å²) in [6.45, 7) is 5.62. The van der Waals surface area contributed by atoms with Gasteiger partial charge in [0.05, 0.1) is 0 Å². The molecule has 1 fully saturated rings. The van der Waals surface area contributed by atoms with Crippen LogP contribution in [0, 0.1) is 0 Å². The van der Waals surface area contributed by atoms with Crippen LogP contribution in [0.5, 0.6) is 0 Å². The second kappa shape index (κ2) is 3.74. The number of halogens is 2. The third-order valence-corrected chi connectivity index (χ3v) is 2.72. The van der Waals surface area contributed by atoms with Crippen molar-refractivity contribution in [1.82, 2.24) is 5.06 Å². The van der Waals surface area contributed by atoms with E-state index in [2.05, 4.69) is 0 Å². The molecule has 0 saturated heterocycles. The van der Waals surface area contributed by atoms with E-state index in [0.717, 1.165) is 0 Å². The molecule has 14 heavy (non-hydrogen) atoms. The van der Waals surface area contributed by atoms with Gasteiger partial charge in [0.15, 0.2) is 0 Å². The molecule has 0 aliphatic heterocycles. The highest BCUT2D eigenvalue weighted by molar-refractivity contribution is 4.84. The third-order valence-electron chi connectivity index (χ3n) is 2.72. The van der Waals surface area contributed by atoms with E-state index in [-0.39, 0.29) is 24.4 Å². The number of hydrogen-bond donors (Lipinski definition) is 1. The van der Waals surface area contributed by atoms with Crippen LogP contribution in [0.3, 0.4) is 0 Å². The summed E-state index contributed by atoms with van der Waals surface area (Å²) in [4.78, 5) is 0. The molecule has 1 N–H and O–H groups in total. The largest absolute Gasteiger partial charge is 0.313 e. The molecule has 0 unspecified atom stereocenters. The first-order valence-corrected chi connectivity index (χ1v) is 5.08. The highest BCUT2D eigenvalue weighted by atomic mass is 19.3. The van der Waals surface area contributed by atoms with E-state index in [1.54, 1.807) is 0 Å². The van der Waals surface area contributed by atoms with Crippen LogP contribution in [0.4, 0.5) is 8.78 Å². The highest BCUT2D eigenvalue weighted by Gasteiger charge is 2.39. The van der Waals surface area contributed by atoms with Crippen LogP contribution in [0.2, 0.25) is 0 Å². The van der Waals surface area contributed by atoms with Gasteiger partial charge in [0, 0.05) is 24.4 Å². The number of rotatable bonds is 1. The van der Waals surface area contributed by atoms with Crippen molar-refractivity contribution in [2.45, 2.75) is 64.0 Å². The lowest BCUT2D eigenvalue weighted by molar-refractivity contribution is -0.204. The molecule has 0 amide bonds. The van der Waals surface area contributed by atoms with Crippen molar-refractivity contribution >= 4 is 0 Å². The van der Waals surface area contributed by atoms with Crippen LogP contribution in [0.1, 0.15) is 46.5 Å². The van der Waals surface area contributed by atoms with Crippen molar-refractivity contribution in [2.24, 2.45) is 0 Å². The van der Waals surface area contributed by atoms with Gasteiger partial charge in [-0.05, 0) is 33.6 Å². The Morgan fingerprint density at radius 1 is 1.21 bits per heavy atom. The number of alkyl halides is 2. The van der Waals surface area contributed by atoms with E-state index in [1.165, 1.54) is 5.06 Å². The Labute approximate surface area is 83.9 Å². The Kier molecular flexibility index (Phi) is 3.17. The Hall–Kier alpha value is -0.220. The van der Waals surface area contributed by atoms with Crippen molar-refractivity contribution in [1.29, 1.82) is 0 Å². The summed E-state index contributed by atoms with van der Waals surface area (Å²) in [5.74, 6) is -2.52. The van der Waals surface area contributed by atoms with Crippen LogP contribution in [-0.4, -0.2) is 27.8 Å². The number of nitrogens with zero attached hydrogens (tertiary/aromatic N) is 1. The standard InChI is InChI=1S/C10H19F2NO/c1-9(2,3)13(14)8-4-6-10(11,12)7-5-8/h8,14H,4-7H2,1-3H3. The lowest BCUT2D eigenvalue weighted by Gasteiger charge is -2.39. The van der Waals surface area contributed by atoms with Gasteiger partial charge in [-0.15, -0.1) is 0 Å². The fourth-order valence-electron chi connectivity index (χ4n) is 1.82. The summed E-state index contributed by atoms with van der Waals surface area (Å²) >= 11 is 0. The lowest BCUT2D eigenvalue weighted by Crippen LogP contribution is -2.48. The zero-order valence-electron chi connectivity index (χ0n) is 9.06. The van der Waals surface area contributed by atoms with Crippen molar-refractivity contribution in [3.63, 3.8) is 0 Å². The zero-order valence-corrected chi connectivity index (χ0v) is 9.06. The molecular formula is C10H19F2NO. The molecule has 4 heteroatoms. The summed E-state index contributed by atoms with van der Waals surface area (Å²) in [7, 11) is 0. The van der Waals surface area contributed by atoms with Gasteiger partial charge < -0.3 is 5.21 Å². The Morgan fingerprint density at radius 3 is 2.00 bits per heavy atom. The SMILES string of the molecule is CC(C)(C)N(O)C1CCC(F)(F)CC1. The molecule has 0 atom stereocenters. The molecule has 84 valence electrons. The summed E-state index contributed by atoms with van der Waals surface area (Å²) < 4.78 is 25.7. The van der Waals surface area contributed by atoms with Crippen molar-refractivity contribution in [3.8, 4) is 0 Å². The van der Waals surface area contributed by atoms with E-state index >= 15 is 0 Å². The Bertz CT molecular complexity index is 191. The van der Waals surface area contributed by atoms with E-state index in [9.17, 15) is 14.0 Å². The van der Waals surface area contributed by atoms with Gasteiger partial charge in [0.1, 0.15) is 0 Å². The second-order valence-corrected chi connectivity index (χ2v) is 5.10. The molecule has 0 aromatic heterocycles. The van der Waals surface area contributed by atoms with Gasteiger partial charge in [0.25, 0.3) is 0 Å². The highest BCUT2D eigenvalue weighted by Crippen LogP contribution is 2.36. The van der Waals surface area contributed by atoms with Crippen LogP contribution in [0.25, 0.3) is 0 Å². The van der Waals surface area contributed by atoms with Crippen molar-refractivity contribution < 1.29 is 14.0 Å². The van der Waals surface area contributed by atoms with Crippen LogP contribution < -0.4 is 0 Å². The molecule has 0 aromatic rings. The van der Waals surface area contributed by atoms with E-state index in [0.29, 0.717) is 12.8 Å². The normalized spacial score (nSPS) is 24.2. The average Bonchev–Trinajstić information content (AvgIpc) is 2.01. The van der Waals surface area contributed by atoms with Crippen molar-refractivity contribution in [2.75, 3.05) is 0 Å². The van der Waals surface area contributed by atoms with Crippen LogP contribution in [-0.2, 0) is 0 Å². The van der Waals surface area contributed by atoms with Gasteiger partial charge in [-0.25, -0.2) is 8.78 Å². The molecule has 0 radical (unpaired) electrons. The first-order valence-electron chi connectivity index (χ1n) is 5.08. The fourth-order valence-corrected chi connectivity index (χ4v) is 1.82. The van der Waals surface area contributed by atoms with Crippen LogP contribution >= 0.6 is 0 Å². The number of hydrogen-bond acceptors (Lipinski definition) is 2. The Balaban J connectivity index is 2.50. The van der Waals surface area contributed by atoms with Crippen LogP contribution in [0.15, 0.2) is 0 Å². The summed E-state index contributed by atoms with van der Waals surface area (Å²) in [6, 6.07) is -0.116. The monoisotopic (exact) mass is 207 g/mol. The lowest BCUT2D eigenvalue weighted by atomic mass is 9.90. The van der Waals surface area contributed by atoms with Gasteiger partial charge in [-0.3, -0.25) is 0 Å². The topological polar surface area (TPSA) is 23.5 Å². The molecule has 1 aliphatic rings. The molecule has 0 bridgehead atoms. The molecule has 0 aromatic carbocycles. The molecule has 1 rings (SSSR count). The minimum Gasteiger partial charge on any atom is -0.313 e. The van der Waals surface area contributed by atoms with E-state index < -0.39 is 5.92 Å². The predicted octanol–water partition coefficient (Wildman–Crippen LogP) is 3.05. The van der Waals surface area contributed by atoms with Gasteiger partial charge in [0.2, 0.25) is 5.92 Å². The minimum atomic E-state index is -2.52. The van der Waals surface area contributed by atoms with Crippen molar-refractivity contribution in [3.05, 3.63) is 0 Å². The fraction of sp³-hybridized carbons (Fsp3) is 1.00. The number of hydroxylamine groups is 2. The molecule has 0 spiro atoms. The Morgan fingerprint density at radius 2 is 1.64 bits per heavy atom. The van der Waals surface area contributed by atoms with Gasteiger partial charge in [-0.2, -0.15) is 5.06 Å². The molecule has 1 aliphatic carbocycles. The molecule has 1 saturated carbocycles. The van der Waals surface area contributed by atoms with Gasteiger partial charge >= 0.3 is 0 Å².